The number of carbonyl (C=O) groups excluding carboxylic acids is 2. The van der Waals surface area contributed by atoms with E-state index < -0.39 is 0 Å². The summed E-state index contributed by atoms with van der Waals surface area (Å²) in [6.45, 7) is 9.48. The van der Waals surface area contributed by atoms with E-state index in [9.17, 15) is 9.59 Å². The second-order valence-electron chi connectivity index (χ2n) is 7.50. The maximum atomic E-state index is 12.6. The molecule has 0 aromatic heterocycles. The summed E-state index contributed by atoms with van der Waals surface area (Å²) in [6, 6.07) is 0.147. The van der Waals surface area contributed by atoms with Gasteiger partial charge in [-0.05, 0) is 32.4 Å². The molecule has 3 amide bonds. The second-order valence-corrected chi connectivity index (χ2v) is 7.50. The SMILES string of the molecule is CC(C)C1CCN(C(=O)N2CCN(C(=O)/C=C/CN(C)C)CC2)C1. The minimum Gasteiger partial charge on any atom is -0.336 e. The Kier molecular flexibility index (Phi) is 6.66. The third-order valence-electron chi connectivity index (χ3n) is 5.03. The molecule has 0 bridgehead atoms. The van der Waals surface area contributed by atoms with Crippen LogP contribution in [0.2, 0.25) is 0 Å². The van der Waals surface area contributed by atoms with Gasteiger partial charge in [-0.15, -0.1) is 0 Å². The van der Waals surface area contributed by atoms with Crippen LogP contribution in [-0.4, -0.2) is 91.4 Å². The summed E-state index contributed by atoms with van der Waals surface area (Å²) in [5.41, 5.74) is 0. The van der Waals surface area contributed by atoms with Crippen molar-refractivity contribution >= 4 is 11.9 Å². The fraction of sp³-hybridized carbons (Fsp3) is 0.778. The lowest BCUT2D eigenvalue weighted by atomic mass is 9.95. The van der Waals surface area contributed by atoms with Crippen LogP contribution in [0, 0.1) is 11.8 Å². The lowest BCUT2D eigenvalue weighted by Crippen LogP contribution is -2.53. The second kappa shape index (κ2) is 8.51. The summed E-state index contributed by atoms with van der Waals surface area (Å²) in [4.78, 5) is 32.5. The van der Waals surface area contributed by atoms with Gasteiger partial charge in [-0.3, -0.25) is 4.79 Å². The molecule has 6 heteroatoms. The van der Waals surface area contributed by atoms with E-state index in [-0.39, 0.29) is 11.9 Å². The Morgan fingerprint density at radius 1 is 1.04 bits per heavy atom. The number of urea groups is 1. The first-order chi connectivity index (χ1) is 11.4. The van der Waals surface area contributed by atoms with E-state index in [1.54, 1.807) is 6.08 Å². The summed E-state index contributed by atoms with van der Waals surface area (Å²) in [7, 11) is 3.95. The molecule has 1 unspecified atom stereocenters. The van der Waals surface area contributed by atoms with Gasteiger partial charge in [0.05, 0.1) is 0 Å². The number of likely N-dealkylation sites (tertiary alicyclic amines) is 1. The number of likely N-dealkylation sites (N-methyl/N-ethyl adjacent to an activating group) is 1. The van der Waals surface area contributed by atoms with Gasteiger partial charge in [0, 0.05) is 51.9 Å². The van der Waals surface area contributed by atoms with E-state index in [2.05, 4.69) is 13.8 Å². The molecule has 6 nitrogen and oxygen atoms in total. The molecule has 0 aromatic rings. The minimum atomic E-state index is 0.0463. The third kappa shape index (κ3) is 4.97. The number of rotatable bonds is 4. The van der Waals surface area contributed by atoms with Crippen molar-refractivity contribution in [3.8, 4) is 0 Å². The first kappa shape index (κ1) is 18.8. The molecule has 2 rings (SSSR count). The van der Waals surface area contributed by atoms with Crippen molar-refractivity contribution < 1.29 is 9.59 Å². The van der Waals surface area contributed by atoms with Crippen LogP contribution in [-0.2, 0) is 4.79 Å². The van der Waals surface area contributed by atoms with Gasteiger partial charge in [-0.1, -0.05) is 19.9 Å². The molecular formula is C18H32N4O2. The molecule has 0 saturated carbocycles. The predicted octanol–water partition coefficient (Wildman–Crippen LogP) is 1.35. The van der Waals surface area contributed by atoms with Crippen molar-refractivity contribution in [3.63, 3.8) is 0 Å². The van der Waals surface area contributed by atoms with Crippen molar-refractivity contribution in [2.75, 3.05) is 59.9 Å². The highest BCUT2D eigenvalue weighted by atomic mass is 16.2. The molecule has 2 aliphatic rings. The quantitative estimate of drug-likeness (QED) is 0.728. The lowest BCUT2D eigenvalue weighted by Gasteiger charge is -2.36. The third-order valence-corrected chi connectivity index (χ3v) is 5.03. The first-order valence-electron chi connectivity index (χ1n) is 9.02. The predicted molar refractivity (Wildman–Crippen MR) is 95.8 cm³/mol. The molecule has 136 valence electrons. The van der Waals surface area contributed by atoms with Crippen LogP contribution in [0.25, 0.3) is 0 Å². The van der Waals surface area contributed by atoms with Gasteiger partial charge in [0.25, 0.3) is 0 Å². The Hall–Kier alpha value is -1.56. The lowest BCUT2D eigenvalue weighted by molar-refractivity contribution is -0.127. The van der Waals surface area contributed by atoms with Crippen LogP contribution < -0.4 is 0 Å². The van der Waals surface area contributed by atoms with Crippen molar-refractivity contribution in [3.05, 3.63) is 12.2 Å². The number of amides is 3. The van der Waals surface area contributed by atoms with E-state index >= 15 is 0 Å². The highest BCUT2D eigenvalue weighted by Crippen LogP contribution is 2.24. The Bertz CT molecular complexity index is 468. The van der Waals surface area contributed by atoms with Crippen LogP contribution in [0.4, 0.5) is 4.79 Å². The summed E-state index contributed by atoms with van der Waals surface area (Å²) in [5, 5.41) is 0. The van der Waals surface area contributed by atoms with Gasteiger partial charge in [0.2, 0.25) is 5.91 Å². The largest absolute Gasteiger partial charge is 0.336 e. The molecule has 24 heavy (non-hydrogen) atoms. The van der Waals surface area contributed by atoms with Crippen LogP contribution in [0.15, 0.2) is 12.2 Å². The zero-order chi connectivity index (χ0) is 17.7. The van der Waals surface area contributed by atoms with Crippen molar-refractivity contribution in [2.45, 2.75) is 20.3 Å². The summed E-state index contributed by atoms with van der Waals surface area (Å²) in [5.74, 6) is 1.30. The molecule has 0 aromatic carbocycles. The maximum Gasteiger partial charge on any atom is 0.320 e. The van der Waals surface area contributed by atoms with Crippen molar-refractivity contribution in [1.82, 2.24) is 19.6 Å². The highest BCUT2D eigenvalue weighted by Gasteiger charge is 2.32. The van der Waals surface area contributed by atoms with E-state index in [4.69, 9.17) is 0 Å². The fourth-order valence-electron chi connectivity index (χ4n) is 3.29. The summed E-state index contributed by atoms with van der Waals surface area (Å²) in [6.07, 6.45) is 4.64. The summed E-state index contributed by atoms with van der Waals surface area (Å²) >= 11 is 0. The van der Waals surface area contributed by atoms with Gasteiger partial charge < -0.3 is 19.6 Å². The van der Waals surface area contributed by atoms with Gasteiger partial charge in [-0.2, -0.15) is 0 Å². The van der Waals surface area contributed by atoms with Crippen LogP contribution in [0.1, 0.15) is 20.3 Å². The number of hydrogen-bond donors (Lipinski definition) is 0. The Morgan fingerprint density at radius 3 is 2.21 bits per heavy atom. The number of piperazine rings is 1. The molecule has 0 aliphatic carbocycles. The number of hydrogen-bond acceptors (Lipinski definition) is 3. The maximum absolute atomic E-state index is 12.6. The molecule has 2 aliphatic heterocycles. The molecular weight excluding hydrogens is 304 g/mol. The average molecular weight is 336 g/mol. The monoisotopic (exact) mass is 336 g/mol. The topological polar surface area (TPSA) is 47.1 Å². The van der Waals surface area contributed by atoms with Gasteiger partial charge in [0.1, 0.15) is 0 Å². The minimum absolute atomic E-state index is 0.0463. The first-order valence-corrected chi connectivity index (χ1v) is 9.02. The summed E-state index contributed by atoms with van der Waals surface area (Å²) < 4.78 is 0. The smallest absolute Gasteiger partial charge is 0.320 e. The molecule has 0 radical (unpaired) electrons. The fourth-order valence-corrected chi connectivity index (χ4v) is 3.29. The van der Waals surface area contributed by atoms with Crippen molar-refractivity contribution in [1.29, 1.82) is 0 Å². The zero-order valence-electron chi connectivity index (χ0n) is 15.6. The number of nitrogens with zero attached hydrogens (tertiary/aromatic N) is 4. The molecule has 2 fully saturated rings. The van der Waals surface area contributed by atoms with E-state index in [0.29, 0.717) is 38.0 Å². The van der Waals surface area contributed by atoms with Crippen molar-refractivity contribution in [2.24, 2.45) is 11.8 Å². The molecule has 2 saturated heterocycles. The Morgan fingerprint density at radius 2 is 1.67 bits per heavy atom. The zero-order valence-corrected chi connectivity index (χ0v) is 15.6. The van der Waals surface area contributed by atoms with Gasteiger partial charge in [-0.25, -0.2) is 4.79 Å². The van der Waals surface area contributed by atoms with Crippen LogP contribution in [0.3, 0.4) is 0 Å². The van der Waals surface area contributed by atoms with Crippen LogP contribution >= 0.6 is 0 Å². The normalized spacial score (nSPS) is 22.2. The number of carbonyl (C=O) groups is 2. The molecule has 1 atom stereocenters. The molecule has 2 heterocycles. The molecule has 0 N–H and O–H groups in total. The van der Waals surface area contributed by atoms with Crippen LogP contribution in [0.5, 0.6) is 0 Å². The molecule has 0 spiro atoms. The van der Waals surface area contributed by atoms with E-state index in [1.165, 1.54) is 0 Å². The van der Waals surface area contributed by atoms with Gasteiger partial charge in [0.15, 0.2) is 0 Å². The highest BCUT2D eigenvalue weighted by molar-refractivity contribution is 5.87. The Labute approximate surface area is 146 Å². The van der Waals surface area contributed by atoms with E-state index in [1.807, 2.05) is 39.8 Å². The Balaban J connectivity index is 1.77. The standard InChI is InChI=1S/C18H32N4O2/c1-15(2)16-7-9-22(14-16)18(24)21-12-10-20(11-13-21)17(23)6-5-8-19(3)4/h5-6,15-16H,7-14H2,1-4H3/b6-5+. The van der Waals surface area contributed by atoms with E-state index in [0.717, 1.165) is 26.1 Å². The van der Waals surface area contributed by atoms with Gasteiger partial charge >= 0.3 is 6.03 Å². The average Bonchev–Trinajstić information content (AvgIpc) is 3.04.